The SMILES string of the molecule is COc1cc(F)c([NH+]=O)cc1N. The number of benzene rings is 1. The van der Waals surface area contributed by atoms with Gasteiger partial charge in [-0.25, -0.2) is 0 Å². The Morgan fingerprint density at radius 3 is 2.75 bits per heavy atom. The average molecular weight is 171 g/mol. The zero-order valence-electron chi connectivity index (χ0n) is 6.43. The summed E-state index contributed by atoms with van der Waals surface area (Å²) in [6.45, 7) is 0. The van der Waals surface area contributed by atoms with Gasteiger partial charge in [0, 0.05) is 22.2 Å². The molecule has 1 aromatic carbocycles. The highest BCUT2D eigenvalue weighted by atomic mass is 19.1. The molecular weight excluding hydrogens is 163 g/mol. The van der Waals surface area contributed by atoms with Crippen LogP contribution >= 0.6 is 0 Å². The molecule has 0 amide bonds. The van der Waals surface area contributed by atoms with Gasteiger partial charge in [-0.2, -0.15) is 4.39 Å². The van der Waals surface area contributed by atoms with Gasteiger partial charge in [-0.3, -0.25) is 0 Å². The maximum absolute atomic E-state index is 12.8. The van der Waals surface area contributed by atoms with Crippen molar-refractivity contribution in [3.63, 3.8) is 0 Å². The molecule has 0 bridgehead atoms. The summed E-state index contributed by atoms with van der Waals surface area (Å²) >= 11 is 0. The second-order valence-corrected chi connectivity index (χ2v) is 2.18. The van der Waals surface area contributed by atoms with Crippen LogP contribution in [0.3, 0.4) is 0 Å². The minimum Gasteiger partial charge on any atom is -0.494 e. The molecule has 5 heteroatoms. The molecule has 0 heterocycles. The predicted molar refractivity (Wildman–Crippen MR) is 41.4 cm³/mol. The first-order chi connectivity index (χ1) is 5.69. The zero-order valence-corrected chi connectivity index (χ0v) is 6.43. The Hall–Kier alpha value is -1.65. The normalized spacial score (nSPS) is 9.50. The number of hydrogen-bond donors (Lipinski definition) is 2. The van der Waals surface area contributed by atoms with Crippen LogP contribution in [0.4, 0.5) is 15.8 Å². The molecule has 0 aliphatic rings. The van der Waals surface area contributed by atoms with Crippen molar-refractivity contribution in [3.8, 4) is 5.75 Å². The van der Waals surface area contributed by atoms with Crippen LogP contribution in [0.25, 0.3) is 0 Å². The first-order valence-electron chi connectivity index (χ1n) is 3.20. The second-order valence-electron chi connectivity index (χ2n) is 2.18. The number of nitrogen functional groups attached to an aromatic ring is 1. The summed E-state index contributed by atoms with van der Waals surface area (Å²) in [6, 6.07) is 2.23. The molecule has 3 N–H and O–H groups in total. The molecule has 0 saturated carbocycles. The molecule has 1 rings (SSSR count). The summed E-state index contributed by atoms with van der Waals surface area (Å²) in [5.74, 6) is -0.470. The summed E-state index contributed by atoms with van der Waals surface area (Å²) in [5.41, 5.74) is 5.44. The Balaban J connectivity index is 3.25. The van der Waals surface area contributed by atoms with Gasteiger partial charge in [0.1, 0.15) is 5.75 Å². The lowest BCUT2D eigenvalue weighted by molar-refractivity contribution is -0.382. The molecular formula is C7H8FN2O2+. The fraction of sp³-hybridized carbons (Fsp3) is 0.143. The van der Waals surface area contributed by atoms with Gasteiger partial charge >= 0.3 is 0 Å². The first-order valence-corrected chi connectivity index (χ1v) is 3.20. The lowest BCUT2D eigenvalue weighted by Crippen LogP contribution is -2.56. The maximum atomic E-state index is 12.8. The van der Waals surface area contributed by atoms with Gasteiger partial charge in [-0.15, -0.1) is 0 Å². The van der Waals surface area contributed by atoms with E-state index in [-0.39, 0.29) is 17.1 Å². The zero-order chi connectivity index (χ0) is 9.14. The Bertz CT molecular complexity index is 315. The van der Waals surface area contributed by atoms with E-state index in [1.807, 2.05) is 0 Å². The number of anilines is 1. The van der Waals surface area contributed by atoms with Crippen molar-refractivity contribution >= 4 is 11.4 Å². The predicted octanol–water partition coefficient (Wildman–Crippen LogP) is -0.105. The standard InChI is InChI=1S/C7H7FN2O2/c1-12-7-2-4(8)6(10-11)3-5(7)9/h2-3H,9H2,1H3/p+1. The fourth-order valence-corrected chi connectivity index (χ4v) is 0.827. The van der Waals surface area contributed by atoms with Crippen molar-refractivity contribution < 1.29 is 14.3 Å². The fourth-order valence-electron chi connectivity index (χ4n) is 0.827. The van der Waals surface area contributed by atoms with Crippen LogP contribution in [-0.4, -0.2) is 7.11 Å². The van der Waals surface area contributed by atoms with Gasteiger partial charge in [0.25, 0.3) is 5.69 Å². The topological polar surface area (TPSA) is 66.3 Å². The van der Waals surface area contributed by atoms with E-state index in [9.17, 15) is 9.30 Å². The summed E-state index contributed by atoms with van der Waals surface area (Å²) < 4.78 is 17.5. The van der Waals surface area contributed by atoms with E-state index in [0.717, 1.165) is 6.07 Å². The van der Waals surface area contributed by atoms with Gasteiger partial charge in [0.05, 0.1) is 12.8 Å². The van der Waals surface area contributed by atoms with E-state index in [2.05, 4.69) is 0 Å². The van der Waals surface area contributed by atoms with Crippen LogP contribution in [0.5, 0.6) is 5.75 Å². The maximum Gasteiger partial charge on any atom is 0.291 e. The first kappa shape index (κ1) is 8.45. The third kappa shape index (κ3) is 1.34. The minimum absolute atomic E-state index is 0.187. The number of nitrogens with two attached hydrogens (primary N) is 1. The van der Waals surface area contributed by atoms with Crippen LogP contribution in [0.1, 0.15) is 0 Å². The number of halogens is 1. The molecule has 0 aromatic heterocycles. The van der Waals surface area contributed by atoms with E-state index in [1.165, 1.54) is 18.4 Å². The average Bonchev–Trinajstić information content (AvgIpc) is 2.08. The summed E-state index contributed by atoms with van der Waals surface area (Å²) in [6.07, 6.45) is 0. The largest absolute Gasteiger partial charge is 0.494 e. The molecule has 0 aliphatic heterocycles. The Labute approximate surface area is 68.1 Å². The van der Waals surface area contributed by atoms with Gasteiger partial charge < -0.3 is 10.5 Å². The van der Waals surface area contributed by atoms with Gasteiger partial charge in [-0.05, 0) is 0 Å². The van der Waals surface area contributed by atoms with Crippen LogP contribution in [0.15, 0.2) is 12.1 Å². The minimum atomic E-state index is -0.684. The molecule has 0 unspecified atom stereocenters. The van der Waals surface area contributed by atoms with Gasteiger partial charge in [-0.1, -0.05) is 0 Å². The highest BCUT2D eigenvalue weighted by molar-refractivity contribution is 5.58. The van der Waals surface area contributed by atoms with E-state index < -0.39 is 5.82 Å². The quantitative estimate of drug-likeness (QED) is 0.610. The lowest BCUT2D eigenvalue weighted by Gasteiger charge is -2.01. The number of rotatable bonds is 2. The summed E-state index contributed by atoms with van der Waals surface area (Å²) in [7, 11) is 1.37. The van der Waals surface area contributed by atoms with Crippen molar-refractivity contribution in [1.82, 2.24) is 0 Å². The third-order valence-corrected chi connectivity index (χ3v) is 1.43. The molecule has 0 aliphatic carbocycles. The Kier molecular flexibility index (Phi) is 2.23. The van der Waals surface area contributed by atoms with Gasteiger partial charge in [0.15, 0.2) is 0 Å². The highest BCUT2D eigenvalue weighted by Crippen LogP contribution is 2.25. The molecule has 12 heavy (non-hydrogen) atoms. The number of methoxy groups -OCH3 is 1. The monoisotopic (exact) mass is 171 g/mol. The van der Waals surface area contributed by atoms with E-state index in [1.54, 1.807) is 0 Å². The van der Waals surface area contributed by atoms with Crippen LogP contribution in [-0.2, 0) is 0 Å². The molecule has 64 valence electrons. The molecule has 0 atom stereocenters. The number of ether oxygens (including phenoxy) is 1. The number of hydrogen-bond acceptors (Lipinski definition) is 3. The van der Waals surface area contributed by atoms with Crippen molar-refractivity contribution in [3.05, 3.63) is 22.9 Å². The van der Waals surface area contributed by atoms with Crippen LogP contribution < -0.4 is 15.6 Å². The third-order valence-electron chi connectivity index (χ3n) is 1.43. The number of nitroso groups, excluding NO2 is 1. The molecule has 4 nitrogen and oxygen atoms in total. The number of nitrogens with one attached hydrogen (secondary N) is 1. The van der Waals surface area contributed by atoms with Gasteiger partial charge in [0.2, 0.25) is 5.82 Å². The summed E-state index contributed by atoms with van der Waals surface area (Å²) in [4.78, 5) is 10.1. The summed E-state index contributed by atoms with van der Waals surface area (Å²) in [5, 5.41) is 1.43. The van der Waals surface area contributed by atoms with Crippen LogP contribution in [0, 0.1) is 10.7 Å². The van der Waals surface area contributed by atoms with E-state index in [4.69, 9.17) is 10.5 Å². The van der Waals surface area contributed by atoms with E-state index in [0.29, 0.717) is 0 Å². The Morgan fingerprint density at radius 1 is 1.58 bits per heavy atom. The van der Waals surface area contributed by atoms with Crippen molar-refractivity contribution in [1.29, 1.82) is 0 Å². The molecule has 0 saturated heterocycles. The van der Waals surface area contributed by atoms with Crippen LogP contribution in [0.2, 0.25) is 0 Å². The highest BCUT2D eigenvalue weighted by Gasteiger charge is 2.12. The smallest absolute Gasteiger partial charge is 0.291 e. The lowest BCUT2D eigenvalue weighted by atomic mass is 10.2. The van der Waals surface area contributed by atoms with Crippen molar-refractivity contribution in [2.24, 2.45) is 0 Å². The molecule has 0 fully saturated rings. The second kappa shape index (κ2) is 3.17. The molecule has 0 spiro atoms. The molecule has 0 radical (unpaired) electrons. The Morgan fingerprint density at radius 2 is 2.25 bits per heavy atom. The molecule has 1 aromatic rings. The van der Waals surface area contributed by atoms with Crippen molar-refractivity contribution in [2.45, 2.75) is 0 Å². The van der Waals surface area contributed by atoms with Crippen molar-refractivity contribution in [2.75, 3.05) is 12.8 Å². The van der Waals surface area contributed by atoms with E-state index >= 15 is 0 Å².